The fourth-order valence-corrected chi connectivity index (χ4v) is 9.34. The molecule has 4 aromatic carbocycles. The summed E-state index contributed by atoms with van der Waals surface area (Å²) < 4.78 is 0. The van der Waals surface area contributed by atoms with Gasteiger partial charge in [-0.1, -0.05) is 119 Å². The first kappa shape index (κ1) is 54.8. The summed E-state index contributed by atoms with van der Waals surface area (Å²) in [7, 11) is 19.1. The van der Waals surface area contributed by atoms with Crippen molar-refractivity contribution < 1.29 is 26.3 Å². The monoisotopic (exact) mass is 1040 g/mol. The second kappa shape index (κ2) is 28.5. The summed E-state index contributed by atoms with van der Waals surface area (Å²) in [5, 5.41) is 0.420. The van der Waals surface area contributed by atoms with Crippen molar-refractivity contribution in [2.24, 2.45) is 20.0 Å². The van der Waals surface area contributed by atoms with Crippen molar-refractivity contribution in [1.29, 1.82) is 0 Å². The molecule has 0 aliphatic carbocycles. The van der Waals surface area contributed by atoms with E-state index < -0.39 is 0 Å². The molecule has 2 heterocycles. The van der Waals surface area contributed by atoms with Crippen LogP contribution in [-0.4, -0.2) is 35.4 Å². The summed E-state index contributed by atoms with van der Waals surface area (Å²) in [5.74, 6) is 0. The number of aryl methyl sites for hydroxylation is 12. The van der Waals surface area contributed by atoms with Crippen LogP contribution >= 0.6 is 63.9 Å². The third-order valence-corrected chi connectivity index (χ3v) is 12.0. The Morgan fingerprint density at radius 2 is 0.698 bits per heavy atom. The number of nitrogens with zero attached hydrogens (tertiary/aromatic N) is 4. The third-order valence-electron chi connectivity index (χ3n) is 9.79. The van der Waals surface area contributed by atoms with Crippen molar-refractivity contribution in [1.82, 2.24) is 0 Å². The zero-order valence-electron chi connectivity index (χ0n) is 38.1. The molecule has 0 radical (unpaired) electrons. The molecule has 6 rings (SSSR count). The summed E-state index contributed by atoms with van der Waals surface area (Å²) in [6.45, 7) is 25.5. The van der Waals surface area contributed by atoms with Gasteiger partial charge in [0.1, 0.15) is 0 Å². The number of allylic oxidation sites excluding steroid dienone is 6. The standard InChI is InChI=1S/C26H30N2S.C25H28N2S.4ClH.2Fe/c1-17-11-19(3)25(20(4)12-17)27-15-23-9-7-8-10-24(29-23)16-28-26-21(5)13-18(2)14-22(26)6;1-16-10-18(3)24(19(4)11-16)26-14-22-8-7-9-23(28-22)15-27-25-20(5)12-17(2)13-21(25)6;;;;;;/h7-16,23-24H,1-6H3;8-15H,7H2,1-6H3;4*1H;;/q;;;;;;2*+2/p-4. The molecule has 338 valence electrons. The summed E-state index contributed by atoms with van der Waals surface area (Å²) in [6, 6.07) is 17.5. The molecule has 0 amide bonds. The third kappa shape index (κ3) is 18.7. The number of halogens is 4. The van der Waals surface area contributed by atoms with Gasteiger partial charge in [-0.05, 0) is 134 Å². The molecule has 0 saturated carbocycles. The number of hydrogen-bond acceptors (Lipinski definition) is 6. The minimum atomic E-state index is 0.194. The van der Waals surface area contributed by atoms with Crippen molar-refractivity contribution in [3.63, 3.8) is 0 Å². The van der Waals surface area contributed by atoms with E-state index in [2.05, 4.69) is 181 Å². The van der Waals surface area contributed by atoms with E-state index in [1.165, 1.54) is 76.6 Å². The van der Waals surface area contributed by atoms with Crippen molar-refractivity contribution >= 4 is 112 Å². The normalized spacial score (nSPS) is 16.1. The van der Waals surface area contributed by atoms with Gasteiger partial charge in [0, 0.05) is 34.7 Å². The van der Waals surface area contributed by atoms with Crippen LogP contribution in [0.2, 0.25) is 0 Å². The van der Waals surface area contributed by atoms with E-state index in [1.807, 2.05) is 24.2 Å². The number of hydrogen-bond donors (Lipinski definition) is 0. The molecule has 2 aliphatic rings. The molecular weight excluding hydrogens is 986 g/mol. The fraction of sp³-hybridized carbons (Fsp3) is 0.294. The Balaban J connectivity index is 0.000000298. The van der Waals surface area contributed by atoms with Crippen LogP contribution in [0, 0.1) is 83.1 Å². The first-order valence-electron chi connectivity index (χ1n) is 20.3. The van der Waals surface area contributed by atoms with Gasteiger partial charge in [0.2, 0.25) is 0 Å². The molecule has 0 bridgehead atoms. The quantitative estimate of drug-likeness (QED) is 0.130. The van der Waals surface area contributed by atoms with Gasteiger partial charge in [-0.2, -0.15) is 0 Å². The van der Waals surface area contributed by atoms with Gasteiger partial charge in [0.15, 0.2) is 0 Å². The summed E-state index contributed by atoms with van der Waals surface area (Å²) in [4.78, 5) is 21.6. The van der Waals surface area contributed by atoms with E-state index in [0.29, 0.717) is 0 Å². The van der Waals surface area contributed by atoms with Crippen molar-refractivity contribution in [2.75, 3.05) is 0 Å². The van der Waals surface area contributed by atoms with E-state index in [9.17, 15) is 0 Å². The minimum absolute atomic E-state index is 0.194. The van der Waals surface area contributed by atoms with Gasteiger partial charge in [-0.3, -0.25) is 20.0 Å². The Morgan fingerprint density at radius 3 is 0.968 bits per heavy atom. The van der Waals surface area contributed by atoms with Gasteiger partial charge < -0.3 is 0 Å². The summed E-state index contributed by atoms with van der Waals surface area (Å²) in [5.41, 5.74) is 19.2. The Hall–Kier alpha value is -2.58. The van der Waals surface area contributed by atoms with E-state index in [4.69, 9.17) is 60.4 Å². The fourth-order valence-electron chi connectivity index (χ4n) is 7.51. The first-order valence-corrected chi connectivity index (χ1v) is 28.1. The molecule has 2 aliphatic heterocycles. The van der Waals surface area contributed by atoms with Crippen LogP contribution in [0.4, 0.5) is 22.7 Å². The Bertz CT molecular complexity index is 2180. The summed E-state index contributed by atoms with van der Waals surface area (Å²) in [6.07, 6.45) is 22.0. The molecule has 0 saturated heterocycles. The molecule has 4 nitrogen and oxygen atoms in total. The molecule has 0 spiro atoms. The van der Waals surface area contributed by atoms with Crippen LogP contribution in [0.5, 0.6) is 0 Å². The molecule has 0 fully saturated rings. The van der Waals surface area contributed by atoms with Crippen molar-refractivity contribution in [3.8, 4) is 0 Å². The van der Waals surface area contributed by atoms with Crippen LogP contribution < -0.4 is 0 Å². The molecule has 63 heavy (non-hydrogen) atoms. The zero-order chi connectivity index (χ0) is 46.6. The van der Waals surface area contributed by atoms with Crippen LogP contribution in [0.1, 0.15) is 73.2 Å². The maximum absolute atomic E-state index is 4.83. The zero-order valence-corrected chi connectivity index (χ0v) is 44.9. The van der Waals surface area contributed by atoms with Gasteiger partial charge >= 0.3 is 66.7 Å². The average molecular weight is 1040 g/mol. The van der Waals surface area contributed by atoms with Gasteiger partial charge in [-0.15, -0.1) is 11.8 Å². The first-order chi connectivity index (χ1) is 30.0. The predicted octanol–water partition coefficient (Wildman–Crippen LogP) is 17.5. The predicted molar refractivity (Wildman–Crippen MR) is 280 cm³/mol. The summed E-state index contributed by atoms with van der Waals surface area (Å²) >= 11 is 3.96. The average Bonchev–Trinajstić information content (AvgIpc) is 3.42. The SMILES string of the molecule is Cc1cc(C)c(N=CC2=CCC=C(C=Nc3c(C)cc(C)cc3C)S2)c(C)c1.Cc1cc(C)c(N=CC2C=CC=CC(C=Nc3c(C)cc(C)cc3C)S2)c(C)c1.[Cl][Fe][Cl].[Cl][Fe][Cl]. The topological polar surface area (TPSA) is 49.4 Å². The van der Waals surface area contributed by atoms with Gasteiger partial charge in [0.05, 0.1) is 33.2 Å². The molecule has 12 heteroatoms. The second-order valence-electron chi connectivity index (χ2n) is 15.5. The number of benzene rings is 4. The molecule has 4 aromatic rings. The van der Waals surface area contributed by atoms with Crippen LogP contribution in [0.3, 0.4) is 0 Å². The number of rotatable bonds is 8. The molecular formula is C51H58Cl4Fe2N4S2. The van der Waals surface area contributed by atoms with E-state index in [1.54, 1.807) is 11.8 Å². The van der Waals surface area contributed by atoms with E-state index in [-0.39, 0.29) is 36.8 Å². The van der Waals surface area contributed by atoms with Crippen molar-refractivity contribution in [3.05, 3.63) is 162 Å². The Labute approximate surface area is 415 Å². The van der Waals surface area contributed by atoms with Crippen LogP contribution in [0.15, 0.2) is 115 Å². The molecule has 0 N–H and O–H groups in total. The molecule has 0 aromatic heterocycles. The molecule has 2 unspecified atom stereocenters. The maximum atomic E-state index is 4.83. The van der Waals surface area contributed by atoms with Gasteiger partial charge in [-0.25, -0.2) is 0 Å². The van der Waals surface area contributed by atoms with E-state index >= 15 is 0 Å². The van der Waals surface area contributed by atoms with Crippen molar-refractivity contribution in [2.45, 2.75) is 100 Å². The Morgan fingerprint density at radius 1 is 0.444 bits per heavy atom. The second-order valence-corrected chi connectivity index (χ2v) is 21.7. The number of aliphatic imine (C=N–C) groups is 4. The van der Waals surface area contributed by atoms with E-state index in [0.717, 1.165) is 29.2 Å². The Kier molecular flexibility index (Phi) is 24.7. The van der Waals surface area contributed by atoms with Gasteiger partial charge in [0.25, 0.3) is 0 Å². The molecule has 2 atom stereocenters. The van der Waals surface area contributed by atoms with Crippen LogP contribution in [-0.2, 0) is 26.3 Å². The van der Waals surface area contributed by atoms with Crippen LogP contribution in [0.25, 0.3) is 0 Å². The number of thioether (sulfide) groups is 2.